The Morgan fingerprint density at radius 3 is 2.77 bits per heavy atom. The van der Waals surface area contributed by atoms with E-state index in [2.05, 4.69) is 25.0 Å². The first-order chi connectivity index (χ1) is 10.7. The molecular weight excluding hydrogens is 289 g/mol. The minimum Gasteiger partial charge on any atom is -0.380 e. The van der Waals surface area contributed by atoms with E-state index in [0.29, 0.717) is 42.7 Å². The van der Waals surface area contributed by atoms with Crippen LogP contribution in [0.4, 0.5) is 10.3 Å². The van der Waals surface area contributed by atoms with Crippen molar-refractivity contribution in [3.8, 4) is 0 Å². The van der Waals surface area contributed by atoms with Crippen molar-refractivity contribution in [3.63, 3.8) is 0 Å². The molecule has 116 valence electrons. The van der Waals surface area contributed by atoms with Gasteiger partial charge in [0.25, 0.3) is 0 Å². The van der Waals surface area contributed by atoms with Crippen LogP contribution in [0.5, 0.6) is 0 Å². The van der Waals surface area contributed by atoms with Gasteiger partial charge in [-0.05, 0) is 12.8 Å². The molecule has 2 aliphatic heterocycles. The SMILES string of the molecule is Cc1noc([C@@H]2COC[C@@H]3CN(c4ncc(F)cn4)C[C@@H]32)n1. The van der Waals surface area contributed by atoms with Gasteiger partial charge in [0.1, 0.15) is 0 Å². The Morgan fingerprint density at radius 2 is 2.05 bits per heavy atom. The zero-order valence-electron chi connectivity index (χ0n) is 12.1. The average molecular weight is 305 g/mol. The third kappa shape index (κ3) is 2.33. The van der Waals surface area contributed by atoms with Crippen LogP contribution in [-0.4, -0.2) is 46.4 Å². The number of halogens is 1. The predicted molar refractivity (Wildman–Crippen MR) is 73.8 cm³/mol. The van der Waals surface area contributed by atoms with E-state index >= 15 is 0 Å². The van der Waals surface area contributed by atoms with E-state index in [1.54, 1.807) is 0 Å². The summed E-state index contributed by atoms with van der Waals surface area (Å²) in [4.78, 5) is 14.6. The highest BCUT2D eigenvalue weighted by atomic mass is 19.1. The largest absolute Gasteiger partial charge is 0.380 e. The number of rotatable bonds is 2. The molecule has 4 heterocycles. The minimum atomic E-state index is -0.428. The van der Waals surface area contributed by atoms with Crippen LogP contribution in [0.15, 0.2) is 16.9 Å². The predicted octanol–water partition coefficient (Wildman–Crippen LogP) is 1.17. The highest BCUT2D eigenvalue weighted by Gasteiger charge is 2.44. The molecule has 4 rings (SSSR count). The standard InChI is InChI=1S/C14H16FN5O2/c1-8-18-13(22-19-8)12-7-21-6-9-4-20(5-11(9)12)14-16-2-10(15)3-17-14/h2-3,9,11-12H,4-7H2,1H3/t9-,11-,12+/m0/s1. The van der Waals surface area contributed by atoms with Crippen LogP contribution in [0, 0.1) is 24.6 Å². The third-order valence-electron chi connectivity index (χ3n) is 4.39. The number of anilines is 1. The van der Waals surface area contributed by atoms with Gasteiger partial charge in [-0.25, -0.2) is 14.4 Å². The molecule has 2 aromatic heterocycles. The van der Waals surface area contributed by atoms with Crippen molar-refractivity contribution in [2.45, 2.75) is 12.8 Å². The number of aryl methyl sites for hydroxylation is 1. The van der Waals surface area contributed by atoms with Gasteiger partial charge in [0.15, 0.2) is 11.6 Å². The molecule has 0 unspecified atom stereocenters. The lowest BCUT2D eigenvalue weighted by molar-refractivity contribution is 0.00996. The van der Waals surface area contributed by atoms with E-state index in [9.17, 15) is 4.39 Å². The molecule has 0 amide bonds. The molecule has 0 aromatic carbocycles. The summed E-state index contributed by atoms with van der Waals surface area (Å²) in [6.45, 7) is 4.67. The zero-order chi connectivity index (χ0) is 15.1. The molecule has 22 heavy (non-hydrogen) atoms. The van der Waals surface area contributed by atoms with Crippen LogP contribution in [0.1, 0.15) is 17.6 Å². The topological polar surface area (TPSA) is 77.2 Å². The number of aromatic nitrogens is 4. The number of hydrogen-bond acceptors (Lipinski definition) is 7. The molecule has 0 spiro atoms. The van der Waals surface area contributed by atoms with E-state index in [4.69, 9.17) is 9.26 Å². The van der Waals surface area contributed by atoms with E-state index in [0.717, 1.165) is 13.1 Å². The maximum absolute atomic E-state index is 13.0. The summed E-state index contributed by atoms with van der Waals surface area (Å²) in [5, 5.41) is 3.87. The molecule has 8 heteroatoms. The van der Waals surface area contributed by atoms with Crippen molar-refractivity contribution in [2.75, 3.05) is 31.2 Å². The summed E-state index contributed by atoms with van der Waals surface area (Å²) < 4.78 is 24.0. The lowest BCUT2D eigenvalue weighted by Crippen LogP contribution is -2.33. The summed E-state index contributed by atoms with van der Waals surface area (Å²) >= 11 is 0. The molecule has 3 atom stereocenters. The number of hydrogen-bond donors (Lipinski definition) is 0. The average Bonchev–Trinajstić information content (AvgIpc) is 3.13. The summed E-state index contributed by atoms with van der Waals surface area (Å²) in [7, 11) is 0. The van der Waals surface area contributed by atoms with Crippen LogP contribution in [0.3, 0.4) is 0 Å². The summed E-state index contributed by atoms with van der Waals surface area (Å²) in [5.41, 5.74) is 0. The Kier molecular flexibility index (Phi) is 3.25. The lowest BCUT2D eigenvalue weighted by Gasteiger charge is -2.30. The summed E-state index contributed by atoms with van der Waals surface area (Å²) in [6.07, 6.45) is 2.39. The Balaban J connectivity index is 1.56. The molecule has 0 N–H and O–H groups in total. The molecule has 0 bridgehead atoms. The molecule has 2 saturated heterocycles. The van der Waals surface area contributed by atoms with Gasteiger partial charge in [0.2, 0.25) is 11.8 Å². The Hall–Kier alpha value is -2.09. The number of fused-ring (bicyclic) bond motifs is 1. The number of nitrogens with zero attached hydrogens (tertiary/aromatic N) is 5. The first-order valence-electron chi connectivity index (χ1n) is 7.31. The van der Waals surface area contributed by atoms with Gasteiger partial charge in [-0.2, -0.15) is 4.98 Å². The second kappa shape index (κ2) is 5.28. The smallest absolute Gasteiger partial charge is 0.232 e. The van der Waals surface area contributed by atoms with Crippen LogP contribution in [0.25, 0.3) is 0 Å². The van der Waals surface area contributed by atoms with Crippen molar-refractivity contribution >= 4 is 5.95 Å². The molecule has 2 aliphatic rings. The van der Waals surface area contributed by atoms with E-state index in [1.807, 2.05) is 6.92 Å². The molecule has 0 saturated carbocycles. The Morgan fingerprint density at radius 1 is 1.23 bits per heavy atom. The fraction of sp³-hybridized carbons (Fsp3) is 0.571. The first kappa shape index (κ1) is 13.6. The third-order valence-corrected chi connectivity index (χ3v) is 4.39. The summed E-state index contributed by atoms with van der Waals surface area (Å²) in [5.74, 6) is 2.19. The van der Waals surface area contributed by atoms with Gasteiger partial charge >= 0.3 is 0 Å². The Labute approximate surface area is 126 Å². The van der Waals surface area contributed by atoms with Gasteiger partial charge < -0.3 is 14.2 Å². The molecule has 2 fully saturated rings. The maximum atomic E-state index is 13.0. The second-order valence-corrected chi connectivity index (χ2v) is 5.85. The van der Waals surface area contributed by atoms with Gasteiger partial charge in [0.05, 0.1) is 31.5 Å². The van der Waals surface area contributed by atoms with Crippen LogP contribution < -0.4 is 4.90 Å². The van der Waals surface area contributed by atoms with Gasteiger partial charge in [0, 0.05) is 19.0 Å². The quantitative estimate of drug-likeness (QED) is 0.824. The van der Waals surface area contributed by atoms with Crippen LogP contribution >= 0.6 is 0 Å². The normalized spacial score (nSPS) is 27.9. The van der Waals surface area contributed by atoms with Gasteiger partial charge in [-0.15, -0.1) is 0 Å². The highest BCUT2D eigenvalue weighted by Crippen LogP contribution is 2.39. The maximum Gasteiger partial charge on any atom is 0.232 e. The van der Waals surface area contributed by atoms with Crippen molar-refractivity contribution in [1.29, 1.82) is 0 Å². The molecule has 7 nitrogen and oxygen atoms in total. The molecule has 0 aliphatic carbocycles. The lowest BCUT2D eigenvalue weighted by atomic mass is 9.83. The van der Waals surface area contributed by atoms with Crippen molar-refractivity contribution in [2.24, 2.45) is 11.8 Å². The van der Waals surface area contributed by atoms with E-state index in [1.165, 1.54) is 12.4 Å². The Bertz CT molecular complexity index is 662. The minimum absolute atomic E-state index is 0.0883. The van der Waals surface area contributed by atoms with Gasteiger partial charge in [-0.1, -0.05) is 5.16 Å². The van der Waals surface area contributed by atoms with Gasteiger partial charge in [-0.3, -0.25) is 0 Å². The number of ether oxygens (including phenoxy) is 1. The highest BCUT2D eigenvalue weighted by molar-refractivity contribution is 5.32. The van der Waals surface area contributed by atoms with E-state index in [-0.39, 0.29) is 5.92 Å². The fourth-order valence-corrected chi connectivity index (χ4v) is 3.35. The van der Waals surface area contributed by atoms with Crippen molar-refractivity contribution < 1.29 is 13.7 Å². The molecule has 0 radical (unpaired) electrons. The second-order valence-electron chi connectivity index (χ2n) is 5.85. The van der Waals surface area contributed by atoms with Crippen molar-refractivity contribution in [1.82, 2.24) is 20.1 Å². The molecular formula is C14H16FN5O2. The fourth-order valence-electron chi connectivity index (χ4n) is 3.35. The monoisotopic (exact) mass is 305 g/mol. The van der Waals surface area contributed by atoms with Crippen LogP contribution in [0.2, 0.25) is 0 Å². The summed E-state index contributed by atoms with van der Waals surface area (Å²) in [6, 6.07) is 0. The van der Waals surface area contributed by atoms with Crippen LogP contribution in [-0.2, 0) is 4.74 Å². The van der Waals surface area contributed by atoms with Crippen molar-refractivity contribution in [3.05, 3.63) is 29.9 Å². The molecule has 2 aromatic rings. The first-order valence-corrected chi connectivity index (χ1v) is 7.31. The van der Waals surface area contributed by atoms with E-state index < -0.39 is 5.82 Å². The zero-order valence-corrected chi connectivity index (χ0v) is 12.1.